The molecule has 0 saturated carbocycles. The summed E-state index contributed by atoms with van der Waals surface area (Å²) in [5, 5.41) is 20.0. The molecule has 2 heterocycles. The van der Waals surface area contributed by atoms with Crippen molar-refractivity contribution in [3.05, 3.63) is 41.0 Å². The van der Waals surface area contributed by atoms with Gasteiger partial charge in [-0.2, -0.15) is 0 Å². The van der Waals surface area contributed by atoms with Crippen LogP contribution in [0.1, 0.15) is 22.7 Å². The quantitative estimate of drug-likeness (QED) is 0.882. The van der Waals surface area contributed by atoms with Gasteiger partial charge in [-0.3, -0.25) is 4.90 Å². The van der Waals surface area contributed by atoms with Crippen molar-refractivity contribution in [2.75, 3.05) is 27.5 Å². The summed E-state index contributed by atoms with van der Waals surface area (Å²) in [6.45, 7) is 1.01. The molecule has 6 nitrogen and oxygen atoms in total. The minimum Gasteiger partial charge on any atom is -0.508 e. The molecule has 0 amide bonds. The Balaban J connectivity index is 1.94. The maximum absolute atomic E-state index is 10.4. The van der Waals surface area contributed by atoms with Crippen LogP contribution >= 0.6 is 0 Å². The summed E-state index contributed by atoms with van der Waals surface area (Å²) in [6.07, 6.45) is 0.855. The van der Waals surface area contributed by atoms with Crippen molar-refractivity contribution in [3.8, 4) is 28.7 Å². The lowest BCUT2D eigenvalue weighted by Gasteiger charge is -2.36. The molecule has 0 aromatic heterocycles. The largest absolute Gasteiger partial charge is 0.508 e. The maximum atomic E-state index is 10.4. The average Bonchev–Trinajstić information content (AvgIpc) is 3.02. The second kappa shape index (κ2) is 5.49. The van der Waals surface area contributed by atoms with Gasteiger partial charge in [-0.15, -0.1) is 0 Å². The molecule has 0 unspecified atom stereocenters. The number of methoxy groups -OCH3 is 1. The Morgan fingerprint density at radius 1 is 1.21 bits per heavy atom. The molecule has 0 radical (unpaired) electrons. The van der Waals surface area contributed by atoms with E-state index in [2.05, 4.69) is 4.90 Å². The molecule has 6 heteroatoms. The Kier molecular flexibility index (Phi) is 3.42. The van der Waals surface area contributed by atoms with Crippen LogP contribution < -0.4 is 14.2 Å². The van der Waals surface area contributed by atoms with Crippen LogP contribution in [-0.2, 0) is 6.42 Å². The molecular formula is C18H19NO5. The number of phenols is 2. The van der Waals surface area contributed by atoms with Gasteiger partial charge in [-0.1, -0.05) is 0 Å². The highest BCUT2D eigenvalue weighted by Crippen LogP contribution is 2.51. The van der Waals surface area contributed by atoms with Crippen LogP contribution in [0.3, 0.4) is 0 Å². The van der Waals surface area contributed by atoms with Crippen LogP contribution in [-0.4, -0.2) is 42.6 Å². The first-order valence-corrected chi connectivity index (χ1v) is 7.81. The minimum atomic E-state index is -0.196. The molecule has 2 aromatic carbocycles. The van der Waals surface area contributed by atoms with E-state index >= 15 is 0 Å². The van der Waals surface area contributed by atoms with Gasteiger partial charge in [0.25, 0.3) is 0 Å². The zero-order valence-corrected chi connectivity index (χ0v) is 13.6. The predicted octanol–water partition coefficient (Wildman–Crippen LogP) is 2.41. The van der Waals surface area contributed by atoms with E-state index in [1.807, 2.05) is 13.1 Å². The van der Waals surface area contributed by atoms with Crippen molar-refractivity contribution in [2.45, 2.75) is 12.5 Å². The fourth-order valence-electron chi connectivity index (χ4n) is 3.59. The van der Waals surface area contributed by atoms with E-state index in [9.17, 15) is 10.2 Å². The highest BCUT2D eigenvalue weighted by Gasteiger charge is 2.35. The van der Waals surface area contributed by atoms with E-state index in [-0.39, 0.29) is 24.3 Å². The van der Waals surface area contributed by atoms with Crippen molar-refractivity contribution < 1.29 is 24.4 Å². The average molecular weight is 329 g/mol. The summed E-state index contributed by atoms with van der Waals surface area (Å²) in [4.78, 5) is 2.15. The Morgan fingerprint density at radius 2 is 2.04 bits per heavy atom. The smallest absolute Gasteiger partial charge is 0.231 e. The highest BCUT2D eigenvalue weighted by molar-refractivity contribution is 5.64. The highest BCUT2D eigenvalue weighted by atomic mass is 16.7. The third-order valence-electron chi connectivity index (χ3n) is 4.70. The maximum Gasteiger partial charge on any atom is 0.231 e. The first-order chi connectivity index (χ1) is 11.6. The van der Waals surface area contributed by atoms with E-state index in [4.69, 9.17) is 14.2 Å². The van der Waals surface area contributed by atoms with Crippen LogP contribution in [0.25, 0.3) is 0 Å². The van der Waals surface area contributed by atoms with Gasteiger partial charge in [0.15, 0.2) is 11.5 Å². The summed E-state index contributed by atoms with van der Waals surface area (Å²) < 4.78 is 16.8. The molecule has 126 valence electrons. The molecule has 0 aliphatic carbocycles. The lowest BCUT2D eigenvalue weighted by molar-refractivity contribution is 0.170. The molecule has 1 atom stereocenters. The third kappa shape index (κ3) is 2.14. The van der Waals surface area contributed by atoms with Gasteiger partial charge in [0.1, 0.15) is 11.5 Å². The summed E-state index contributed by atoms with van der Waals surface area (Å²) in [6, 6.07) is 6.48. The second-order valence-corrected chi connectivity index (χ2v) is 6.09. The first kappa shape index (κ1) is 15.0. The molecule has 2 aromatic rings. The molecule has 2 N–H and O–H groups in total. The molecule has 0 spiro atoms. The summed E-state index contributed by atoms with van der Waals surface area (Å²) >= 11 is 0. The van der Waals surface area contributed by atoms with Crippen molar-refractivity contribution in [3.63, 3.8) is 0 Å². The molecular weight excluding hydrogens is 310 g/mol. The standard InChI is InChI=1S/C18H19NO5/c1-19-6-5-10-7-14-17(24-9-23-14)18(22-2)15(10)16(19)12-4-3-11(20)8-13(12)21/h3-4,7-8,16,20-21H,5-6,9H2,1-2H3/t16-/m0/s1. The topological polar surface area (TPSA) is 71.4 Å². The van der Waals surface area contributed by atoms with Gasteiger partial charge in [0, 0.05) is 23.7 Å². The Hall–Kier alpha value is -2.60. The Morgan fingerprint density at radius 3 is 2.79 bits per heavy atom. The number of likely N-dealkylation sites (N-methyl/N-ethyl adjacent to an activating group) is 1. The number of fused-ring (bicyclic) bond motifs is 2. The molecule has 4 rings (SSSR count). The fraction of sp³-hybridized carbons (Fsp3) is 0.333. The molecule has 0 bridgehead atoms. The van der Waals surface area contributed by atoms with E-state index in [1.54, 1.807) is 19.2 Å². The number of nitrogens with zero attached hydrogens (tertiary/aromatic N) is 1. The number of benzene rings is 2. The van der Waals surface area contributed by atoms with Crippen molar-refractivity contribution in [2.24, 2.45) is 0 Å². The fourth-order valence-corrected chi connectivity index (χ4v) is 3.59. The lowest BCUT2D eigenvalue weighted by atomic mass is 9.86. The van der Waals surface area contributed by atoms with Crippen LogP contribution in [0.15, 0.2) is 24.3 Å². The van der Waals surface area contributed by atoms with Crippen LogP contribution in [0.2, 0.25) is 0 Å². The SMILES string of the molecule is COc1c2c(cc3c1[C@H](c1ccc(O)cc1O)N(C)CC3)OCO2. The number of phenolic OH excluding ortho intramolecular Hbond substituents is 2. The monoisotopic (exact) mass is 329 g/mol. The molecule has 0 saturated heterocycles. The van der Waals surface area contributed by atoms with Gasteiger partial charge in [-0.05, 0) is 37.2 Å². The second-order valence-electron chi connectivity index (χ2n) is 6.09. The Labute approximate surface area is 139 Å². The lowest BCUT2D eigenvalue weighted by Crippen LogP contribution is -2.33. The molecule has 24 heavy (non-hydrogen) atoms. The molecule has 2 aliphatic rings. The summed E-state index contributed by atoms with van der Waals surface area (Å²) in [5.41, 5.74) is 2.80. The first-order valence-electron chi connectivity index (χ1n) is 7.81. The van der Waals surface area contributed by atoms with E-state index in [0.29, 0.717) is 22.8 Å². The van der Waals surface area contributed by atoms with Crippen LogP contribution in [0, 0.1) is 0 Å². The van der Waals surface area contributed by atoms with Gasteiger partial charge in [0.05, 0.1) is 13.2 Å². The van der Waals surface area contributed by atoms with E-state index in [1.165, 1.54) is 6.07 Å². The van der Waals surface area contributed by atoms with Gasteiger partial charge < -0.3 is 24.4 Å². The summed E-state index contributed by atoms with van der Waals surface area (Å²) in [5.74, 6) is 2.04. The minimum absolute atomic E-state index is 0.0348. The van der Waals surface area contributed by atoms with Crippen LogP contribution in [0.4, 0.5) is 0 Å². The zero-order chi connectivity index (χ0) is 16.8. The van der Waals surface area contributed by atoms with Gasteiger partial charge in [0.2, 0.25) is 12.5 Å². The van der Waals surface area contributed by atoms with Gasteiger partial charge in [-0.25, -0.2) is 0 Å². The number of hydrogen-bond donors (Lipinski definition) is 2. The van der Waals surface area contributed by atoms with E-state index in [0.717, 1.165) is 24.1 Å². The third-order valence-corrected chi connectivity index (χ3v) is 4.70. The molecule has 0 fully saturated rings. The van der Waals surface area contributed by atoms with Crippen LogP contribution in [0.5, 0.6) is 28.7 Å². The molecule has 2 aliphatic heterocycles. The Bertz CT molecular complexity index is 804. The zero-order valence-electron chi connectivity index (χ0n) is 13.6. The summed E-state index contributed by atoms with van der Waals surface area (Å²) in [7, 11) is 3.61. The van der Waals surface area contributed by atoms with Crippen molar-refractivity contribution in [1.29, 1.82) is 0 Å². The number of hydrogen-bond acceptors (Lipinski definition) is 6. The number of ether oxygens (including phenoxy) is 3. The number of rotatable bonds is 2. The van der Waals surface area contributed by atoms with Gasteiger partial charge >= 0.3 is 0 Å². The predicted molar refractivity (Wildman–Crippen MR) is 87.1 cm³/mol. The van der Waals surface area contributed by atoms with Crippen molar-refractivity contribution in [1.82, 2.24) is 4.90 Å². The van der Waals surface area contributed by atoms with E-state index < -0.39 is 0 Å². The van der Waals surface area contributed by atoms with Crippen molar-refractivity contribution >= 4 is 0 Å². The normalized spacial score (nSPS) is 19.2. The number of aromatic hydroxyl groups is 2.